The number of hydrogen-bond acceptors (Lipinski definition) is 8. The highest BCUT2D eigenvalue weighted by Gasteiger charge is 2.74. The molecular formula is C43H54O8. The molecule has 3 aromatic rings. The monoisotopic (exact) mass is 698 g/mol. The molecule has 0 heterocycles. The van der Waals surface area contributed by atoms with E-state index in [2.05, 4.69) is 27.0 Å². The largest absolute Gasteiger partial charge is 0.497 e. The number of hydrogen-bond donors (Lipinski definition) is 1. The van der Waals surface area contributed by atoms with Gasteiger partial charge in [-0.3, -0.25) is 0 Å². The Kier molecular flexibility index (Phi) is 12.6. The fourth-order valence-corrected chi connectivity index (χ4v) is 8.18. The Labute approximate surface area is 303 Å². The molecule has 8 nitrogen and oxygen atoms in total. The predicted molar refractivity (Wildman–Crippen MR) is 198 cm³/mol. The molecule has 2 bridgehead atoms. The Morgan fingerprint density at radius 2 is 1.45 bits per heavy atom. The molecule has 8 heteroatoms. The molecule has 0 unspecified atom stereocenters. The molecule has 5 rings (SSSR count). The molecule has 274 valence electrons. The van der Waals surface area contributed by atoms with Gasteiger partial charge >= 0.3 is 0 Å². The zero-order chi connectivity index (χ0) is 36.5. The van der Waals surface area contributed by atoms with Crippen molar-refractivity contribution in [3.63, 3.8) is 0 Å². The minimum Gasteiger partial charge on any atom is -0.497 e. The maximum Gasteiger partial charge on any atom is 0.146 e. The highest BCUT2D eigenvalue weighted by molar-refractivity contribution is 5.36. The van der Waals surface area contributed by atoms with E-state index in [1.807, 2.05) is 97.1 Å². The average molecular weight is 699 g/mol. The first-order chi connectivity index (χ1) is 24.6. The zero-order valence-electron chi connectivity index (χ0n) is 30.7. The van der Waals surface area contributed by atoms with Crippen LogP contribution in [0, 0.1) is 16.7 Å². The van der Waals surface area contributed by atoms with Crippen LogP contribution >= 0.6 is 0 Å². The molecule has 2 fully saturated rings. The number of methoxy groups -OCH3 is 3. The zero-order valence-corrected chi connectivity index (χ0v) is 30.7. The fraction of sp³-hybridized carbons (Fsp3) is 0.442. The average Bonchev–Trinajstić information content (AvgIpc) is 3.50. The van der Waals surface area contributed by atoms with Gasteiger partial charge < -0.3 is 38.3 Å². The van der Waals surface area contributed by atoms with Crippen molar-refractivity contribution >= 4 is 0 Å². The second kappa shape index (κ2) is 16.7. The summed E-state index contributed by atoms with van der Waals surface area (Å²) < 4.78 is 42.4. The van der Waals surface area contributed by atoms with Crippen LogP contribution in [0.5, 0.6) is 11.5 Å². The molecule has 0 radical (unpaired) electrons. The van der Waals surface area contributed by atoms with E-state index in [9.17, 15) is 5.11 Å². The lowest BCUT2D eigenvalue weighted by Crippen LogP contribution is -2.55. The first-order valence-corrected chi connectivity index (χ1v) is 17.5. The third-order valence-electron chi connectivity index (χ3n) is 11.2. The van der Waals surface area contributed by atoms with E-state index in [0.717, 1.165) is 41.0 Å². The van der Waals surface area contributed by atoms with Crippen molar-refractivity contribution in [3.05, 3.63) is 133 Å². The summed E-state index contributed by atoms with van der Waals surface area (Å²) in [4.78, 5) is 0. The predicted octanol–water partition coefficient (Wildman–Crippen LogP) is 7.85. The van der Waals surface area contributed by atoms with Gasteiger partial charge in [-0.15, -0.1) is 13.2 Å². The minimum atomic E-state index is -1.43. The van der Waals surface area contributed by atoms with Crippen LogP contribution < -0.4 is 9.47 Å². The van der Waals surface area contributed by atoms with E-state index in [-0.39, 0.29) is 37.9 Å². The molecule has 2 aliphatic rings. The van der Waals surface area contributed by atoms with Crippen LogP contribution in [0.1, 0.15) is 43.4 Å². The quantitative estimate of drug-likeness (QED) is 0.0944. The molecule has 0 aliphatic heterocycles. The Hall–Kier alpha value is -3.76. The van der Waals surface area contributed by atoms with Crippen LogP contribution in [-0.4, -0.2) is 63.2 Å². The Morgan fingerprint density at radius 1 is 0.843 bits per heavy atom. The fourth-order valence-electron chi connectivity index (χ4n) is 8.18. The lowest BCUT2D eigenvalue weighted by Gasteiger charge is -2.47. The number of fused-ring (bicyclic) bond motifs is 2. The van der Waals surface area contributed by atoms with Crippen molar-refractivity contribution < 1.29 is 38.3 Å². The second-order valence-corrected chi connectivity index (χ2v) is 14.1. The van der Waals surface area contributed by atoms with E-state index in [1.165, 1.54) is 0 Å². The maximum atomic E-state index is 12.9. The second-order valence-electron chi connectivity index (χ2n) is 14.1. The first kappa shape index (κ1) is 38.5. The van der Waals surface area contributed by atoms with Crippen LogP contribution in [-0.2, 0) is 43.5 Å². The smallest absolute Gasteiger partial charge is 0.146 e. The van der Waals surface area contributed by atoms with Gasteiger partial charge in [-0.05, 0) is 71.2 Å². The normalized spacial score (nSPS) is 25.4. The first-order valence-electron chi connectivity index (χ1n) is 17.5. The summed E-state index contributed by atoms with van der Waals surface area (Å²) >= 11 is 0. The third kappa shape index (κ3) is 7.72. The van der Waals surface area contributed by atoms with Gasteiger partial charge in [0.1, 0.15) is 35.6 Å². The van der Waals surface area contributed by atoms with E-state index < -0.39 is 28.8 Å². The van der Waals surface area contributed by atoms with E-state index >= 15 is 0 Å². The molecule has 2 aliphatic carbocycles. The maximum absolute atomic E-state index is 12.9. The summed E-state index contributed by atoms with van der Waals surface area (Å²) in [6.45, 7) is 13.9. The van der Waals surface area contributed by atoms with E-state index in [0.29, 0.717) is 6.61 Å². The lowest BCUT2D eigenvalue weighted by atomic mass is 9.62. The summed E-state index contributed by atoms with van der Waals surface area (Å²) in [5.74, 6) is 1.61. The summed E-state index contributed by atoms with van der Waals surface area (Å²) in [6, 6.07) is 25.5. The van der Waals surface area contributed by atoms with Gasteiger partial charge in [0.2, 0.25) is 0 Å². The molecule has 0 saturated heterocycles. The molecule has 3 aromatic carbocycles. The molecule has 51 heavy (non-hydrogen) atoms. The van der Waals surface area contributed by atoms with Crippen LogP contribution in [0.15, 0.2) is 116 Å². The van der Waals surface area contributed by atoms with Gasteiger partial charge in [-0.25, -0.2) is 0 Å². The Morgan fingerprint density at radius 3 is 2.02 bits per heavy atom. The highest BCUT2D eigenvalue weighted by atomic mass is 16.7. The summed E-state index contributed by atoms with van der Waals surface area (Å²) in [5, 5.41) is 12.9. The van der Waals surface area contributed by atoms with Crippen LogP contribution in [0.25, 0.3) is 0 Å². The number of aliphatic hydroxyl groups is 1. The van der Waals surface area contributed by atoms with Gasteiger partial charge in [-0.1, -0.05) is 86.7 Å². The summed E-state index contributed by atoms with van der Waals surface area (Å²) in [7, 11) is 4.88. The van der Waals surface area contributed by atoms with Gasteiger partial charge in [0.25, 0.3) is 0 Å². The van der Waals surface area contributed by atoms with Crippen molar-refractivity contribution in [1.82, 2.24) is 0 Å². The summed E-state index contributed by atoms with van der Waals surface area (Å²) in [5.41, 5.74) is -0.721. The van der Waals surface area contributed by atoms with Gasteiger partial charge in [0.05, 0.1) is 46.8 Å². The lowest BCUT2D eigenvalue weighted by molar-refractivity contribution is -0.170. The van der Waals surface area contributed by atoms with Crippen molar-refractivity contribution in [1.29, 1.82) is 0 Å². The Bertz CT molecular complexity index is 1590. The molecule has 0 aromatic heterocycles. The molecule has 0 spiro atoms. The highest BCUT2D eigenvalue weighted by Crippen LogP contribution is 2.71. The molecular weight excluding hydrogens is 644 g/mol. The standard InChI is InChI=1S/C43H54O8/c1-8-38(49-28-34-17-21-36(47-7)22-18-34)41(51-29-32-13-11-10-12-14-32,30-48-27-33-15-19-35(46-6)20-16-33)25-26-43(44)39(50-31-45-5)37-23-24-42(43,9-2)40(37,3)4/h8-22,25-26,37-39,44H,1-2,23-24,27-31H2,3-7H3/b26-25-/t37-,38-,39-,41+,42-,43-/m1/s1. The third-order valence-corrected chi connectivity index (χ3v) is 11.2. The number of ether oxygens (including phenoxy) is 7. The van der Waals surface area contributed by atoms with Crippen molar-refractivity contribution in [3.8, 4) is 11.5 Å². The van der Waals surface area contributed by atoms with E-state index in [4.69, 9.17) is 33.2 Å². The summed E-state index contributed by atoms with van der Waals surface area (Å²) in [6.07, 6.45) is 7.88. The minimum absolute atomic E-state index is 0.0570. The van der Waals surface area contributed by atoms with Crippen molar-refractivity contribution in [2.45, 2.75) is 69.9 Å². The van der Waals surface area contributed by atoms with Gasteiger partial charge in [0.15, 0.2) is 0 Å². The number of rotatable bonds is 20. The SMILES string of the molecule is C=C[C@@H](OCc1ccc(OC)cc1)[C@](/C=C\[C@@]1(O)[C@H](OCOC)[C@H]2CC[C@]1(C=C)C2(C)C)(COCc1ccc(OC)cc1)OCc1ccccc1. The topological polar surface area (TPSA) is 84.8 Å². The molecule has 6 atom stereocenters. The Balaban J connectivity index is 1.56. The molecule has 0 amide bonds. The van der Waals surface area contributed by atoms with Gasteiger partial charge in [-0.2, -0.15) is 0 Å². The van der Waals surface area contributed by atoms with Crippen molar-refractivity contribution in [2.24, 2.45) is 16.7 Å². The number of benzene rings is 3. The van der Waals surface area contributed by atoms with Crippen LogP contribution in [0.3, 0.4) is 0 Å². The van der Waals surface area contributed by atoms with Crippen LogP contribution in [0.4, 0.5) is 0 Å². The molecule has 2 saturated carbocycles. The molecule has 1 N–H and O–H groups in total. The van der Waals surface area contributed by atoms with Crippen molar-refractivity contribution in [2.75, 3.05) is 34.7 Å². The van der Waals surface area contributed by atoms with Crippen LogP contribution in [0.2, 0.25) is 0 Å². The van der Waals surface area contributed by atoms with Gasteiger partial charge in [0, 0.05) is 12.5 Å². The van der Waals surface area contributed by atoms with E-state index in [1.54, 1.807) is 27.4 Å².